The van der Waals surface area contributed by atoms with Crippen molar-refractivity contribution in [2.24, 2.45) is 0 Å². The third-order valence-corrected chi connectivity index (χ3v) is 2.28. The smallest absolute Gasteiger partial charge is 0.337 e. The summed E-state index contributed by atoms with van der Waals surface area (Å²) in [5.41, 5.74) is 2.41. The largest absolute Gasteiger partial charge is 0.465 e. The van der Waals surface area contributed by atoms with Crippen molar-refractivity contribution in [3.8, 4) is 5.69 Å². The molecule has 0 spiro atoms. The molecular weight excluding hydrogens is 204 g/mol. The molecule has 0 N–H and O–H groups in total. The van der Waals surface area contributed by atoms with Crippen molar-refractivity contribution < 1.29 is 9.53 Å². The van der Waals surface area contributed by atoms with Gasteiger partial charge in [-0.3, -0.25) is 0 Å². The number of rotatable bonds is 2. The Morgan fingerprint density at radius 3 is 2.44 bits per heavy atom. The Balaban J connectivity index is 2.29. The summed E-state index contributed by atoms with van der Waals surface area (Å²) in [6, 6.07) is 9.03. The molecule has 0 unspecified atom stereocenters. The second-order valence-electron chi connectivity index (χ2n) is 3.44. The third-order valence-electron chi connectivity index (χ3n) is 2.28. The van der Waals surface area contributed by atoms with Crippen LogP contribution >= 0.6 is 0 Å². The molecule has 1 heterocycles. The Morgan fingerprint density at radius 1 is 1.25 bits per heavy atom. The lowest BCUT2D eigenvalue weighted by molar-refractivity contribution is 0.0601. The van der Waals surface area contributed by atoms with Crippen molar-refractivity contribution in [3.05, 3.63) is 47.8 Å². The number of hydrogen-bond acceptors (Lipinski definition) is 3. The lowest BCUT2D eigenvalue weighted by Gasteiger charge is -2.02. The van der Waals surface area contributed by atoms with Crippen LogP contribution in [0.15, 0.2) is 36.5 Å². The normalized spacial score (nSPS) is 10.1. The predicted molar refractivity (Wildman–Crippen MR) is 59.6 cm³/mol. The van der Waals surface area contributed by atoms with Crippen molar-refractivity contribution in [2.75, 3.05) is 7.11 Å². The number of nitrogens with zero attached hydrogens (tertiary/aromatic N) is 2. The molecule has 0 saturated heterocycles. The Labute approximate surface area is 93.5 Å². The minimum atomic E-state index is -0.330. The molecule has 1 aromatic carbocycles. The molecule has 2 rings (SSSR count). The summed E-state index contributed by atoms with van der Waals surface area (Å²) in [6.07, 6.45) is 1.88. The van der Waals surface area contributed by atoms with Crippen molar-refractivity contribution in [2.45, 2.75) is 6.92 Å². The molecule has 0 aliphatic heterocycles. The van der Waals surface area contributed by atoms with E-state index in [1.165, 1.54) is 7.11 Å². The van der Waals surface area contributed by atoms with Crippen LogP contribution in [-0.2, 0) is 4.74 Å². The van der Waals surface area contributed by atoms with Crippen LogP contribution in [0.25, 0.3) is 5.69 Å². The fourth-order valence-electron chi connectivity index (χ4n) is 1.43. The maximum atomic E-state index is 11.2. The van der Waals surface area contributed by atoms with Crippen LogP contribution in [0, 0.1) is 6.92 Å². The first-order valence-electron chi connectivity index (χ1n) is 4.92. The van der Waals surface area contributed by atoms with E-state index >= 15 is 0 Å². The lowest BCUT2D eigenvalue weighted by Crippen LogP contribution is -2.02. The topological polar surface area (TPSA) is 44.1 Å². The number of ether oxygens (including phenoxy) is 1. The molecule has 0 fully saturated rings. The SMILES string of the molecule is COC(=O)c1ccc(-n2ccc(C)n2)cc1. The summed E-state index contributed by atoms with van der Waals surface area (Å²) in [7, 11) is 1.37. The number of hydrogen-bond donors (Lipinski definition) is 0. The molecule has 16 heavy (non-hydrogen) atoms. The van der Waals surface area contributed by atoms with Gasteiger partial charge in [-0.05, 0) is 37.3 Å². The number of aryl methyl sites for hydroxylation is 1. The molecule has 4 nitrogen and oxygen atoms in total. The Kier molecular flexibility index (Phi) is 2.72. The highest BCUT2D eigenvalue weighted by atomic mass is 16.5. The number of carbonyl (C=O) groups is 1. The van der Waals surface area contributed by atoms with E-state index in [0.717, 1.165) is 11.4 Å². The number of benzene rings is 1. The number of aromatic nitrogens is 2. The maximum absolute atomic E-state index is 11.2. The maximum Gasteiger partial charge on any atom is 0.337 e. The van der Waals surface area contributed by atoms with Gasteiger partial charge in [0.05, 0.1) is 24.1 Å². The molecule has 2 aromatic rings. The average Bonchev–Trinajstić information content (AvgIpc) is 2.75. The summed E-state index contributed by atoms with van der Waals surface area (Å²) in [4.78, 5) is 11.2. The zero-order valence-electron chi connectivity index (χ0n) is 9.18. The van der Waals surface area contributed by atoms with Crippen molar-refractivity contribution in [1.82, 2.24) is 9.78 Å². The van der Waals surface area contributed by atoms with Crippen LogP contribution in [0.1, 0.15) is 16.1 Å². The molecule has 0 atom stereocenters. The average molecular weight is 216 g/mol. The highest BCUT2D eigenvalue weighted by molar-refractivity contribution is 5.89. The van der Waals surface area contributed by atoms with Crippen LogP contribution < -0.4 is 0 Å². The Hall–Kier alpha value is -2.10. The summed E-state index contributed by atoms with van der Waals surface area (Å²) in [6.45, 7) is 1.93. The third kappa shape index (κ3) is 1.95. The van der Waals surface area contributed by atoms with Gasteiger partial charge in [0.2, 0.25) is 0 Å². The van der Waals surface area contributed by atoms with E-state index in [-0.39, 0.29) is 5.97 Å². The summed E-state index contributed by atoms with van der Waals surface area (Å²) < 4.78 is 6.38. The monoisotopic (exact) mass is 216 g/mol. The molecule has 0 aliphatic rings. The van der Waals surface area contributed by atoms with Crippen molar-refractivity contribution >= 4 is 5.97 Å². The van der Waals surface area contributed by atoms with Gasteiger partial charge in [0, 0.05) is 6.20 Å². The van der Waals surface area contributed by atoms with Crippen LogP contribution in [-0.4, -0.2) is 22.9 Å². The van der Waals surface area contributed by atoms with Gasteiger partial charge in [0.15, 0.2) is 0 Å². The van der Waals surface area contributed by atoms with Gasteiger partial charge in [-0.25, -0.2) is 9.48 Å². The summed E-state index contributed by atoms with van der Waals surface area (Å²) >= 11 is 0. The highest BCUT2D eigenvalue weighted by Crippen LogP contribution is 2.10. The van der Waals surface area contributed by atoms with Gasteiger partial charge in [0.1, 0.15) is 0 Å². The second kappa shape index (κ2) is 4.18. The number of methoxy groups -OCH3 is 1. The van der Waals surface area contributed by atoms with Crippen molar-refractivity contribution in [3.63, 3.8) is 0 Å². The van der Waals surface area contributed by atoms with E-state index < -0.39 is 0 Å². The van der Waals surface area contributed by atoms with Gasteiger partial charge < -0.3 is 4.74 Å². The quantitative estimate of drug-likeness (QED) is 0.721. The predicted octanol–water partition coefficient (Wildman–Crippen LogP) is 1.97. The molecule has 1 aromatic heterocycles. The van der Waals surface area contributed by atoms with Crippen molar-refractivity contribution in [1.29, 1.82) is 0 Å². The zero-order chi connectivity index (χ0) is 11.5. The number of esters is 1. The fourth-order valence-corrected chi connectivity index (χ4v) is 1.43. The van der Waals surface area contributed by atoms with E-state index in [1.807, 2.05) is 31.3 Å². The van der Waals surface area contributed by atoms with E-state index in [2.05, 4.69) is 9.84 Å². The molecule has 0 aliphatic carbocycles. The Bertz CT molecular complexity index is 500. The van der Waals surface area contributed by atoms with Crippen LogP contribution in [0.4, 0.5) is 0 Å². The van der Waals surface area contributed by atoms with Crippen LogP contribution in [0.2, 0.25) is 0 Å². The van der Waals surface area contributed by atoms with E-state index in [4.69, 9.17) is 0 Å². The molecule has 4 heteroatoms. The first-order chi connectivity index (χ1) is 7.70. The molecule has 0 radical (unpaired) electrons. The first kappa shape index (κ1) is 10.4. The molecule has 0 bridgehead atoms. The number of carbonyl (C=O) groups excluding carboxylic acids is 1. The van der Waals surface area contributed by atoms with Gasteiger partial charge in [-0.2, -0.15) is 5.10 Å². The standard InChI is InChI=1S/C12H12N2O2/c1-9-7-8-14(13-9)11-5-3-10(4-6-11)12(15)16-2/h3-8H,1-2H3. The van der Waals surface area contributed by atoms with Gasteiger partial charge in [-0.1, -0.05) is 0 Å². The van der Waals surface area contributed by atoms with Gasteiger partial charge in [-0.15, -0.1) is 0 Å². The zero-order valence-corrected chi connectivity index (χ0v) is 9.18. The molecule has 0 amide bonds. The fraction of sp³-hybridized carbons (Fsp3) is 0.167. The van der Waals surface area contributed by atoms with Crippen LogP contribution in [0.3, 0.4) is 0 Å². The minimum Gasteiger partial charge on any atom is -0.465 e. The molecule has 82 valence electrons. The first-order valence-corrected chi connectivity index (χ1v) is 4.92. The van der Waals surface area contributed by atoms with Gasteiger partial charge in [0.25, 0.3) is 0 Å². The lowest BCUT2D eigenvalue weighted by atomic mass is 10.2. The van der Waals surface area contributed by atoms with E-state index in [1.54, 1.807) is 16.8 Å². The summed E-state index contributed by atoms with van der Waals surface area (Å²) in [5, 5.41) is 4.28. The Morgan fingerprint density at radius 2 is 1.94 bits per heavy atom. The summed E-state index contributed by atoms with van der Waals surface area (Å²) in [5.74, 6) is -0.330. The van der Waals surface area contributed by atoms with E-state index in [9.17, 15) is 4.79 Å². The van der Waals surface area contributed by atoms with E-state index in [0.29, 0.717) is 5.56 Å². The van der Waals surface area contributed by atoms with Gasteiger partial charge >= 0.3 is 5.97 Å². The van der Waals surface area contributed by atoms with Crippen LogP contribution in [0.5, 0.6) is 0 Å². The minimum absolute atomic E-state index is 0.330. The highest BCUT2D eigenvalue weighted by Gasteiger charge is 2.05. The molecule has 0 saturated carbocycles. The molecular formula is C12H12N2O2. The second-order valence-corrected chi connectivity index (χ2v) is 3.44.